The standard InChI is InChI=1S/C11H17NO3/c1-8-4-2-3-5-9(8)12-10(13)6-7-11(14)15/h6-9H,2-5H2,1H3,(H,12,13)(H,14,15)/b7-6+/t8-,9+/m1/s1. The second-order valence-electron chi connectivity index (χ2n) is 4.05. The molecule has 0 aromatic rings. The van der Waals surface area contributed by atoms with E-state index in [0.717, 1.165) is 31.4 Å². The van der Waals surface area contributed by atoms with Crippen LogP contribution in [0.15, 0.2) is 12.2 Å². The van der Waals surface area contributed by atoms with Crippen molar-refractivity contribution >= 4 is 11.9 Å². The molecule has 15 heavy (non-hydrogen) atoms. The molecule has 0 bridgehead atoms. The van der Waals surface area contributed by atoms with E-state index in [4.69, 9.17) is 5.11 Å². The molecule has 0 aromatic carbocycles. The Morgan fingerprint density at radius 2 is 1.93 bits per heavy atom. The molecule has 1 rings (SSSR count). The molecule has 84 valence electrons. The first kappa shape index (κ1) is 11.8. The van der Waals surface area contributed by atoms with Crippen LogP contribution in [0.2, 0.25) is 0 Å². The van der Waals surface area contributed by atoms with Gasteiger partial charge >= 0.3 is 5.97 Å². The molecule has 0 radical (unpaired) electrons. The molecule has 0 aliphatic heterocycles. The van der Waals surface area contributed by atoms with Gasteiger partial charge < -0.3 is 10.4 Å². The van der Waals surface area contributed by atoms with Crippen LogP contribution in [-0.4, -0.2) is 23.0 Å². The van der Waals surface area contributed by atoms with Crippen LogP contribution >= 0.6 is 0 Å². The Kier molecular flexibility index (Phi) is 4.34. The lowest BCUT2D eigenvalue weighted by Crippen LogP contribution is -2.40. The van der Waals surface area contributed by atoms with E-state index in [1.807, 2.05) is 0 Å². The second-order valence-corrected chi connectivity index (χ2v) is 4.05. The smallest absolute Gasteiger partial charge is 0.328 e. The zero-order valence-electron chi connectivity index (χ0n) is 8.90. The van der Waals surface area contributed by atoms with E-state index >= 15 is 0 Å². The minimum absolute atomic E-state index is 0.199. The fourth-order valence-electron chi connectivity index (χ4n) is 1.91. The number of carbonyl (C=O) groups excluding carboxylic acids is 1. The van der Waals surface area contributed by atoms with E-state index in [9.17, 15) is 9.59 Å². The monoisotopic (exact) mass is 211 g/mol. The van der Waals surface area contributed by atoms with Crippen molar-refractivity contribution in [2.75, 3.05) is 0 Å². The van der Waals surface area contributed by atoms with E-state index in [0.29, 0.717) is 5.92 Å². The maximum Gasteiger partial charge on any atom is 0.328 e. The number of hydrogen-bond donors (Lipinski definition) is 2. The molecule has 0 saturated heterocycles. The van der Waals surface area contributed by atoms with Crippen molar-refractivity contribution in [1.29, 1.82) is 0 Å². The van der Waals surface area contributed by atoms with Crippen LogP contribution in [-0.2, 0) is 9.59 Å². The molecule has 0 aromatic heterocycles. The molecule has 1 aliphatic rings. The topological polar surface area (TPSA) is 66.4 Å². The number of amides is 1. The quantitative estimate of drug-likeness (QED) is 0.692. The van der Waals surface area contributed by atoms with Gasteiger partial charge in [0.1, 0.15) is 0 Å². The normalized spacial score (nSPS) is 26.5. The minimum atomic E-state index is -1.10. The highest BCUT2D eigenvalue weighted by molar-refractivity contribution is 5.93. The summed E-state index contributed by atoms with van der Waals surface area (Å²) in [6.45, 7) is 2.12. The predicted octanol–water partition coefficient (Wildman–Crippen LogP) is 1.32. The molecular formula is C11H17NO3. The average Bonchev–Trinajstić information content (AvgIpc) is 2.18. The molecule has 0 heterocycles. The number of rotatable bonds is 3. The van der Waals surface area contributed by atoms with Crippen molar-refractivity contribution in [3.05, 3.63) is 12.2 Å². The van der Waals surface area contributed by atoms with Crippen molar-refractivity contribution in [2.24, 2.45) is 5.92 Å². The Labute approximate surface area is 89.4 Å². The summed E-state index contributed by atoms with van der Waals surface area (Å²) in [6.07, 6.45) is 6.42. The number of hydrogen-bond acceptors (Lipinski definition) is 2. The van der Waals surface area contributed by atoms with Crippen LogP contribution in [0.25, 0.3) is 0 Å². The first-order valence-corrected chi connectivity index (χ1v) is 5.31. The first-order valence-electron chi connectivity index (χ1n) is 5.31. The van der Waals surface area contributed by atoms with Crippen LogP contribution in [0, 0.1) is 5.92 Å². The van der Waals surface area contributed by atoms with Crippen molar-refractivity contribution < 1.29 is 14.7 Å². The molecule has 0 unspecified atom stereocenters. The summed E-state index contributed by atoms with van der Waals surface area (Å²) >= 11 is 0. The largest absolute Gasteiger partial charge is 0.478 e. The van der Waals surface area contributed by atoms with Crippen LogP contribution in [0.1, 0.15) is 32.6 Å². The van der Waals surface area contributed by atoms with Crippen molar-refractivity contribution in [3.8, 4) is 0 Å². The summed E-state index contributed by atoms with van der Waals surface area (Å²) in [5, 5.41) is 11.2. The van der Waals surface area contributed by atoms with Crippen molar-refractivity contribution in [2.45, 2.75) is 38.6 Å². The highest BCUT2D eigenvalue weighted by Crippen LogP contribution is 2.23. The Bertz CT molecular complexity index is 273. The van der Waals surface area contributed by atoms with Gasteiger partial charge in [-0.1, -0.05) is 19.8 Å². The molecule has 0 spiro atoms. The molecule has 4 heteroatoms. The highest BCUT2D eigenvalue weighted by Gasteiger charge is 2.21. The van der Waals surface area contributed by atoms with Gasteiger partial charge in [-0.25, -0.2) is 4.79 Å². The maximum atomic E-state index is 11.3. The molecule has 1 aliphatic carbocycles. The SMILES string of the molecule is C[C@@H]1CCCC[C@@H]1NC(=O)/C=C/C(=O)O. The van der Waals surface area contributed by atoms with Gasteiger partial charge in [-0.05, 0) is 18.8 Å². The summed E-state index contributed by atoms with van der Waals surface area (Å²) < 4.78 is 0. The number of carbonyl (C=O) groups is 2. The van der Waals surface area contributed by atoms with Crippen LogP contribution in [0.4, 0.5) is 0 Å². The Morgan fingerprint density at radius 1 is 1.27 bits per heavy atom. The summed E-state index contributed by atoms with van der Waals surface area (Å²) in [4.78, 5) is 21.5. The minimum Gasteiger partial charge on any atom is -0.478 e. The zero-order chi connectivity index (χ0) is 11.3. The van der Waals surface area contributed by atoms with Gasteiger partial charge in [-0.15, -0.1) is 0 Å². The molecular weight excluding hydrogens is 194 g/mol. The third-order valence-corrected chi connectivity index (χ3v) is 2.82. The van der Waals surface area contributed by atoms with Crippen LogP contribution in [0.3, 0.4) is 0 Å². The number of nitrogens with one attached hydrogen (secondary N) is 1. The summed E-state index contributed by atoms with van der Waals surface area (Å²) in [7, 11) is 0. The van der Waals surface area contributed by atoms with Gasteiger partial charge in [0, 0.05) is 18.2 Å². The average molecular weight is 211 g/mol. The molecule has 4 nitrogen and oxygen atoms in total. The van der Waals surface area contributed by atoms with Gasteiger partial charge in [-0.2, -0.15) is 0 Å². The van der Waals surface area contributed by atoms with Crippen LogP contribution < -0.4 is 5.32 Å². The van der Waals surface area contributed by atoms with Gasteiger partial charge in [0.2, 0.25) is 5.91 Å². The summed E-state index contributed by atoms with van der Waals surface area (Å²) in [5.74, 6) is -0.918. The van der Waals surface area contributed by atoms with E-state index in [1.165, 1.54) is 6.42 Å². The van der Waals surface area contributed by atoms with Gasteiger partial charge in [0.15, 0.2) is 0 Å². The summed E-state index contributed by atoms with van der Waals surface area (Å²) in [5.41, 5.74) is 0. The Morgan fingerprint density at radius 3 is 2.53 bits per heavy atom. The third kappa shape index (κ3) is 4.14. The third-order valence-electron chi connectivity index (χ3n) is 2.82. The summed E-state index contributed by atoms with van der Waals surface area (Å²) in [6, 6.07) is 0.199. The number of carboxylic acids is 1. The van der Waals surface area contributed by atoms with Crippen molar-refractivity contribution in [3.63, 3.8) is 0 Å². The van der Waals surface area contributed by atoms with E-state index in [1.54, 1.807) is 0 Å². The molecule has 2 N–H and O–H groups in total. The fraction of sp³-hybridized carbons (Fsp3) is 0.636. The van der Waals surface area contributed by atoms with E-state index < -0.39 is 5.97 Å². The fourth-order valence-corrected chi connectivity index (χ4v) is 1.91. The number of carboxylic acid groups (broad SMARTS) is 1. The highest BCUT2D eigenvalue weighted by atomic mass is 16.4. The molecule has 1 amide bonds. The number of aliphatic carboxylic acids is 1. The van der Waals surface area contributed by atoms with Gasteiger partial charge in [-0.3, -0.25) is 4.79 Å². The molecule has 1 saturated carbocycles. The zero-order valence-corrected chi connectivity index (χ0v) is 8.90. The van der Waals surface area contributed by atoms with Crippen molar-refractivity contribution in [1.82, 2.24) is 5.32 Å². The molecule has 1 fully saturated rings. The lowest BCUT2D eigenvalue weighted by molar-refractivity contribution is -0.131. The van der Waals surface area contributed by atoms with Gasteiger partial charge in [0.05, 0.1) is 0 Å². The van der Waals surface area contributed by atoms with E-state index in [-0.39, 0.29) is 11.9 Å². The lowest BCUT2D eigenvalue weighted by Gasteiger charge is -2.28. The molecule has 2 atom stereocenters. The Hall–Kier alpha value is -1.32. The maximum absolute atomic E-state index is 11.3. The van der Waals surface area contributed by atoms with E-state index in [2.05, 4.69) is 12.2 Å². The Balaban J connectivity index is 2.39. The van der Waals surface area contributed by atoms with Crippen LogP contribution in [0.5, 0.6) is 0 Å². The predicted molar refractivity (Wildman–Crippen MR) is 56.3 cm³/mol. The first-order chi connectivity index (χ1) is 7.09. The second kappa shape index (κ2) is 5.53. The lowest BCUT2D eigenvalue weighted by atomic mass is 9.86. The van der Waals surface area contributed by atoms with Gasteiger partial charge in [0.25, 0.3) is 0 Å².